The molecule has 3 N–H and O–H groups in total. The number of para-hydroxylation sites is 2. The van der Waals surface area contributed by atoms with Crippen molar-refractivity contribution in [1.82, 2.24) is 20.6 Å². The Morgan fingerprint density at radius 1 is 1.16 bits per heavy atom. The van der Waals surface area contributed by atoms with Gasteiger partial charge in [0.25, 0.3) is 5.91 Å². The van der Waals surface area contributed by atoms with E-state index in [2.05, 4.69) is 20.6 Å². The summed E-state index contributed by atoms with van der Waals surface area (Å²) in [6, 6.07) is 12.3. The number of fused-ring (bicyclic) bond motifs is 1. The number of urea groups is 1. The van der Waals surface area contributed by atoms with Gasteiger partial charge in [-0.15, -0.1) is 0 Å². The molecule has 166 valence electrons. The van der Waals surface area contributed by atoms with Crippen molar-refractivity contribution in [3.8, 4) is 5.75 Å². The first-order chi connectivity index (χ1) is 15.4. The van der Waals surface area contributed by atoms with E-state index in [0.717, 1.165) is 15.9 Å². The van der Waals surface area contributed by atoms with Gasteiger partial charge < -0.3 is 20.4 Å². The number of methoxy groups -OCH3 is 1. The number of carbonyl (C=O) groups excluding carboxylic acids is 3. The molecule has 0 spiro atoms. The molecule has 32 heavy (non-hydrogen) atoms. The average molecular weight is 435 g/mol. The number of rotatable bonds is 7. The molecular weight excluding hydrogens is 410 g/mol. The van der Waals surface area contributed by atoms with Gasteiger partial charge in [-0.05, 0) is 42.3 Å². The molecule has 9 heteroatoms. The third kappa shape index (κ3) is 4.14. The second kappa shape index (κ2) is 8.70. The van der Waals surface area contributed by atoms with Crippen molar-refractivity contribution in [3.63, 3.8) is 0 Å². The molecular formula is C23H25N5O4. The van der Waals surface area contributed by atoms with E-state index in [1.807, 2.05) is 38.1 Å². The molecule has 0 saturated carbocycles. The van der Waals surface area contributed by atoms with Crippen LogP contribution >= 0.6 is 0 Å². The van der Waals surface area contributed by atoms with Gasteiger partial charge in [0, 0.05) is 0 Å². The molecule has 1 saturated heterocycles. The van der Waals surface area contributed by atoms with E-state index in [1.54, 1.807) is 24.3 Å². The van der Waals surface area contributed by atoms with Crippen LogP contribution in [0.2, 0.25) is 0 Å². The third-order valence-corrected chi connectivity index (χ3v) is 5.42. The Kier molecular flexibility index (Phi) is 5.81. The lowest BCUT2D eigenvalue weighted by Crippen LogP contribution is -2.39. The number of hydrogen-bond acceptors (Lipinski definition) is 5. The van der Waals surface area contributed by atoms with Crippen LogP contribution in [0.25, 0.3) is 11.0 Å². The van der Waals surface area contributed by atoms with Gasteiger partial charge in [-0.25, -0.2) is 14.7 Å². The van der Waals surface area contributed by atoms with Gasteiger partial charge in [-0.2, -0.15) is 0 Å². The molecule has 2 heterocycles. The first-order valence-corrected chi connectivity index (χ1v) is 10.4. The van der Waals surface area contributed by atoms with Crippen molar-refractivity contribution in [2.45, 2.75) is 32.4 Å². The number of nitrogens with one attached hydrogen (secondary N) is 3. The number of anilines is 1. The van der Waals surface area contributed by atoms with Gasteiger partial charge in [0.05, 0.1) is 36.3 Å². The number of carbonyl (C=O) groups is 3. The summed E-state index contributed by atoms with van der Waals surface area (Å²) in [5.74, 6) is 0.502. The fraction of sp³-hybridized carbons (Fsp3) is 0.304. The number of H-pyrrole nitrogens is 1. The van der Waals surface area contributed by atoms with Crippen LogP contribution in [0.4, 0.5) is 10.5 Å². The highest BCUT2D eigenvalue weighted by atomic mass is 16.5. The lowest BCUT2D eigenvalue weighted by Gasteiger charge is -2.21. The van der Waals surface area contributed by atoms with Crippen LogP contribution in [0.1, 0.15) is 32.1 Å². The fourth-order valence-corrected chi connectivity index (χ4v) is 3.73. The molecule has 0 unspecified atom stereocenters. The standard InChI is InChI=1S/C23H25N5O4/c1-13(2)20(21-24-16-6-4-5-7-17(16)25-21)27-19(29)12-18-22(30)28(23(31)26-18)14-8-10-15(32-3)11-9-14/h4-11,13,18,20H,12H2,1-3H3,(H,24,25)(H,26,31)(H,27,29)/t18-,20+/m0/s1. The van der Waals surface area contributed by atoms with E-state index in [-0.39, 0.29) is 24.3 Å². The summed E-state index contributed by atoms with van der Waals surface area (Å²) < 4.78 is 5.11. The number of amides is 4. The minimum atomic E-state index is -0.937. The molecule has 1 fully saturated rings. The van der Waals surface area contributed by atoms with Crippen molar-refractivity contribution in [2.75, 3.05) is 12.0 Å². The van der Waals surface area contributed by atoms with E-state index in [0.29, 0.717) is 17.3 Å². The van der Waals surface area contributed by atoms with E-state index < -0.39 is 18.0 Å². The highest BCUT2D eigenvalue weighted by Gasteiger charge is 2.40. The van der Waals surface area contributed by atoms with Crippen LogP contribution in [0, 0.1) is 5.92 Å². The Morgan fingerprint density at radius 3 is 2.53 bits per heavy atom. The lowest BCUT2D eigenvalue weighted by molar-refractivity contribution is -0.126. The Morgan fingerprint density at radius 2 is 1.88 bits per heavy atom. The maximum Gasteiger partial charge on any atom is 0.329 e. The molecule has 0 aliphatic carbocycles. The van der Waals surface area contributed by atoms with Crippen LogP contribution in [0.15, 0.2) is 48.5 Å². The van der Waals surface area contributed by atoms with Crippen LogP contribution < -0.4 is 20.3 Å². The summed E-state index contributed by atoms with van der Waals surface area (Å²) in [7, 11) is 1.53. The minimum Gasteiger partial charge on any atom is -0.497 e. The van der Waals surface area contributed by atoms with Crippen molar-refractivity contribution in [3.05, 3.63) is 54.4 Å². The lowest BCUT2D eigenvalue weighted by atomic mass is 10.0. The molecule has 1 aliphatic heterocycles. The van der Waals surface area contributed by atoms with Crippen LogP contribution in [-0.2, 0) is 9.59 Å². The monoisotopic (exact) mass is 435 g/mol. The van der Waals surface area contributed by atoms with E-state index >= 15 is 0 Å². The Balaban J connectivity index is 1.45. The number of aromatic nitrogens is 2. The van der Waals surface area contributed by atoms with Crippen molar-refractivity contribution >= 4 is 34.6 Å². The van der Waals surface area contributed by atoms with E-state index in [4.69, 9.17) is 4.74 Å². The zero-order valence-electron chi connectivity index (χ0n) is 18.1. The molecule has 4 amide bonds. The number of hydrogen-bond donors (Lipinski definition) is 3. The Labute approximate surface area is 185 Å². The summed E-state index contributed by atoms with van der Waals surface area (Å²) in [6.45, 7) is 3.96. The smallest absolute Gasteiger partial charge is 0.329 e. The molecule has 1 aromatic heterocycles. The summed E-state index contributed by atoms with van der Waals surface area (Å²) in [4.78, 5) is 46.9. The molecule has 0 bridgehead atoms. The quantitative estimate of drug-likeness (QED) is 0.494. The zero-order chi connectivity index (χ0) is 22.8. The molecule has 2 aromatic carbocycles. The normalized spacial score (nSPS) is 17.0. The predicted octanol–water partition coefficient (Wildman–Crippen LogP) is 2.90. The number of aromatic amines is 1. The number of nitrogens with zero attached hydrogens (tertiary/aromatic N) is 2. The minimum absolute atomic E-state index is 0.0594. The summed E-state index contributed by atoms with van der Waals surface area (Å²) in [6.07, 6.45) is -0.166. The number of ether oxygens (including phenoxy) is 1. The largest absolute Gasteiger partial charge is 0.497 e. The summed E-state index contributed by atoms with van der Waals surface area (Å²) >= 11 is 0. The molecule has 4 rings (SSSR count). The van der Waals surface area contributed by atoms with Crippen molar-refractivity contribution in [1.29, 1.82) is 0 Å². The number of benzene rings is 2. The first kappa shape index (κ1) is 21.4. The molecule has 9 nitrogen and oxygen atoms in total. The second-order valence-corrected chi connectivity index (χ2v) is 8.01. The van der Waals surface area contributed by atoms with Gasteiger partial charge in [-0.1, -0.05) is 26.0 Å². The van der Waals surface area contributed by atoms with Crippen molar-refractivity contribution < 1.29 is 19.1 Å². The molecule has 0 radical (unpaired) electrons. The van der Waals surface area contributed by atoms with Crippen LogP contribution in [0.3, 0.4) is 0 Å². The fourth-order valence-electron chi connectivity index (χ4n) is 3.73. The number of imidazole rings is 1. The maximum atomic E-state index is 12.8. The Bertz CT molecular complexity index is 1120. The van der Waals surface area contributed by atoms with Crippen molar-refractivity contribution in [2.24, 2.45) is 5.92 Å². The Hall–Kier alpha value is -3.88. The first-order valence-electron chi connectivity index (χ1n) is 10.4. The topological polar surface area (TPSA) is 116 Å². The second-order valence-electron chi connectivity index (χ2n) is 8.01. The van der Waals surface area contributed by atoms with Gasteiger partial charge in [0.2, 0.25) is 5.91 Å². The molecule has 1 aliphatic rings. The molecule has 2 atom stereocenters. The van der Waals surface area contributed by atoms with Crippen LogP contribution in [-0.4, -0.2) is 41.0 Å². The number of imide groups is 1. The van der Waals surface area contributed by atoms with Gasteiger partial charge in [0.1, 0.15) is 17.6 Å². The summed E-state index contributed by atoms with van der Waals surface area (Å²) in [5.41, 5.74) is 2.12. The van der Waals surface area contributed by atoms with Gasteiger partial charge >= 0.3 is 6.03 Å². The van der Waals surface area contributed by atoms with Gasteiger partial charge in [-0.3, -0.25) is 9.59 Å². The summed E-state index contributed by atoms with van der Waals surface area (Å²) in [5, 5.41) is 5.55. The highest BCUT2D eigenvalue weighted by Crippen LogP contribution is 2.25. The zero-order valence-corrected chi connectivity index (χ0v) is 18.1. The third-order valence-electron chi connectivity index (χ3n) is 5.42. The maximum absolute atomic E-state index is 12.8. The molecule has 3 aromatic rings. The predicted molar refractivity (Wildman–Crippen MR) is 119 cm³/mol. The highest BCUT2D eigenvalue weighted by molar-refractivity contribution is 6.22. The van der Waals surface area contributed by atoms with Gasteiger partial charge in [0.15, 0.2) is 0 Å². The average Bonchev–Trinajstić information content (AvgIpc) is 3.32. The van der Waals surface area contributed by atoms with E-state index in [1.165, 1.54) is 7.11 Å². The van der Waals surface area contributed by atoms with E-state index in [9.17, 15) is 14.4 Å². The van der Waals surface area contributed by atoms with Crippen LogP contribution in [0.5, 0.6) is 5.75 Å². The SMILES string of the molecule is COc1ccc(N2C(=O)N[C@@H](CC(=O)N[C@@H](c3nc4ccccc4[nH]3)C(C)C)C2=O)cc1.